The Morgan fingerprint density at radius 3 is 2.31 bits per heavy atom. The van der Waals surface area contributed by atoms with Crippen LogP contribution in [0.4, 0.5) is 23.2 Å². The van der Waals surface area contributed by atoms with Crippen LogP contribution in [0.2, 0.25) is 5.02 Å². The topological polar surface area (TPSA) is 53.0 Å². The Morgan fingerprint density at radius 2 is 1.71 bits per heavy atom. The number of aliphatic hydroxyl groups is 1. The molecule has 5 nitrogen and oxygen atoms in total. The van der Waals surface area contributed by atoms with E-state index < -0.39 is 29.6 Å². The molecule has 1 amide bonds. The normalized spacial score (nSPS) is 20.3. The molecule has 0 saturated carbocycles. The maximum Gasteiger partial charge on any atom is 0.425 e. The standard InChI is InChI=1S/C25H27ClF4N2O3/c1-16(25(28,29)30)35-18-7-5-17(6-8-18)32-14-11-24(23(32)34)9-12-31(13-10-24)15-21(33)22-19(26)3-2-4-20(22)27/h2-8,16,21,33H,9-15H2,1H3/t16-,21?/m1/s1. The zero-order chi connectivity index (χ0) is 25.4. The van der Waals surface area contributed by atoms with E-state index in [0.717, 1.165) is 6.92 Å². The van der Waals surface area contributed by atoms with E-state index in [1.54, 1.807) is 17.0 Å². The van der Waals surface area contributed by atoms with Gasteiger partial charge in [-0.2, -0.15) is 13.2 Å². The number of likely N-dealkylation sites (tertiary alicyclic amines) is 1. The molecule has 1 unspecified atom stereocenters. The first kappa shape index (κ1) is 25.7. The van der Waals surface area contributed by atoms with E-state index in [0.29, 0.717) is 44.6 Å². The number of piperidine rings is 1. The van der Waals surface area contributed by atoms with E-state index in [4.69, 9.17) is 16.3 Å². The number of benzene rings is 2. The van der Waals surface area contributed by atoms with Crippen molar-refractivity contribution >= 4 is 23.2 Å². The van der Waals surface area contributed by atoms with Crippen LogP contribution in [0.3, 0.4) is 0 Å². The lowest BCUT2D eigenvalue weighted by molar-refractivity contribution is -0.189. The minimum Gasteiger partial charge on any atom is -0.481 e. The number of halogens is 5. The van der Waals surface area contributed by atoms with Gasteiger partial charge in [0, 0.05) is 29.4 Å². The second kappa shape index (κ2) is 9.95. The van der Waals surface area contributed by atoms with Crippen LogP contribution in [0.25, 0.3) is 0 Å². The first-order valence-corrected chi connectivity index (χ1v) is 11.9. The van der Waals surface area contributed by atoms with Gasteiger partial charge in [0.15, 0.2) is 6.10 Å². The first-order valence-electron chi connectivity index (χ1n) is 11.5. The van der Waals surface area contributed by atoms with Crippen LogP contribution >= 0.6 is 11.6 Å². The van der Waals surface area contributed by atoms with Gasteiger partial charge >= 0.3 is 6.18 Å². The van der Waals surface area contributed by atoms with E-state index in [1.807, 2.05) is 4.90 Å². The Kier molecular flexibility index (Phi) is 7.31. The summed E-state index contributed by atoms with van der Waals surface area (Å²) in [7, 11) is 0. The minimum absolute atomic E-state index is 0.00725. The van der Waals surface area contributed by atoms with Gasteiger partial charge in [0.05, 0.1) is 11.5 Å². The summed E-state index contributed by atoms with van der Waals surface area (Å²) >= 11 is 6.06. The van der Waals surface area contributed by atoms with Gasteiger partial charge in [0.2, 0.25) is 5.91 Å². The monoisotopic (exact) mass is 514 g/mol. The van der Waals surface area contributed by atoms with Crippen molar-refractivity contribution in [1.82, 2.24) is 4.90 Å². The highest BCUT2D eigenvalue weighted by Gasteiger charge is 2.48. The fourth-order valence-corrected chi connectivity index (χ4v) is 5.12. The molecule has 2 aromatic carbocycles. The van der Waals surface area contributed by atoms with Crippen LogP contribution in [-0.4, -0.2) is 54.4 Å². The van der Waals surface area contributed by atoms with Crippen LogP contribution < -0.4 is 9.64 Å². The van der Waals surface area contributed by atoms with Gasteiger partial charge in [-0.15, -0.1) is 0 Å². The predicted octanol–water partition coefficient (Wildman–Crippen LogP) is 5.36. The van der Waals surface area contributed by atoms with Gasteiger partial charge in [-0.05, 0) is 75.7 Å². The lowest BCUT2D eigenvalue weighted by Gasteiger charge is -2.38. The number of ether oxygens (including phenoxy) is 1. The highest BCUT2D eigenvalue weighted by Crippen LogP contribution is 2.43. The Bertz CT molecular complexity index is 1040. The van der Waals surface area contributed by atoms with Gasteiger partial charge in [0.25, 0.3) is 0 Å². The molecule has 0 radical (unpaired) electrons. The van der Waals surface area contributed by atoms with Gasteiger partial charge < -0.3 is 19.6 Å². The van der Waals surface area contributed by atoms with Crippen molar-refractivity contribution < 1.29 is 32.2 Å². The summed E-state index contributed by atoms with van der Waals surface area (Å²) in [6.07, 6.45) is -5.58. The maximum absolute atomic E-state index is 14.1. The number of anilines is 1. The van der Waals surface area contributed by atoms with Crippen LogP contribution in [-0.2, 0) is 4.79 Å². The molecule has 0 aliphatic carbocycles. The molecular weight excluding hydrogens is 488 g/mol. The molecule has 0 aromatic heterocycles. The molecule has 2 aliphatic heterocycles. The van der Waals surface area contributed by atoms with Crippen LogP contribution in [0.15, 0.2) is 42.5 Å². The Labute approximate surface area is 206 Å². The molecule has 2 saturated heterocycles. The number of hydrogen-bond donors (Lipinski definition) is 1. The summed E-state index contributed by atoms with van der Waals surface area (Å²) < 4.78 is 57.2. The molecular formula is C25H27ClF4N2O3. The Morgan fingerprint density at radius 1 is 1.09 bits per heavy atom. The number of β-amino-alcohol motifs (C(OH)–C–C–N with tert-alkyl or cyclic N) is 1. The van der Waals surface area contributed by atoms with Crippen LogP contribution in [0.1, 0.15) is 37.9 Å². The van der Waals surface area contributed by atoms with Crippen molar-refractivity contribution in [2.75, 3.05) is 31.1 Å². The molecule has 4 rings (SSSR count). The Hall–Kier alpha value is -2.36. The van der Waals surface area contributed by atoms with Crippen molar-refractivity contribution in [3.8, 4) is 5.75 Å². The first-order chi connectivity index (χ1) is 16.5. The second-order valence-electron chi connectivity index (χ2n) is 9.23. The van der Waals surface area contributed by atoms with Gasteiger partial charge in [-0.3, -0.25) is 4.79 Å². The van der Waals surface area contributed by atoms with E-state index in [-0.39, 0.29) is 28.8 Å². The van der Waals surface area contributed by atoms with E-state index in [9.17, 15) is 27.5 Å². The highest BCUT2D eigenvalue weighted by atomic mass is 35.5. The van der Waals surface area contributed by atoms with Gasteiger partial charge in [0.1, 0.15) is 11.6 Å². The zero-order valence-corrected chi connectivity index (χ0v) is 19.9. The van der Waals surface area contributed by atoms with Crippen molar-refractivity contribution in [2.45, 2.75) is 44.6 Å². The molecule has 2 fully saturated rings. The summed E-state index contributed by atoms with van der Waals surface area (Å²) in [6.45, 7) is 2.82. The number of nitrogens with zero attached hydrogens (tertiary/aromatic N) is 2. The smallest absolute Gasteiger partial charge is 0.425 e. The van der Waals surface area contributed by atoms with Crippen LogP contribution in [0, 0.1) is 11.2 Å². The predicted molar refractivity (Wildman–Crippen MR) is 124 cm³/mol. The SMILES string of the molecule is C[C@@H](Oc1ccc(N2CCC3(CCN(CC(O)c4c(F)cccc4Cl)CC3)C2=O)cc1)C(F)(F)F. The van der Waals surface area contributed by atoms with Crippen LogP contribution in [0.5, 0.6) is 5.75 Å². The number of amides is 1. The highest BCUT2D eigenvalue weighted by molar-refractivity contribution is 6.31. The number of aliphatic hydroxyl groups excluding tert-OH is 1. The largest absolute Gasteiger partial charge is 0.481 e. The number of carbonyl (C=O) groups is 1. The zero-order valence-electron chi connectivity index (χ0n) is 19.2. The molecule has 0 bridgehead atoms. The molecule has 2 atom stereocenters. The number of alkyl halides is 3. The molecule has 1 N–H and O–H groups in total. The summed E-state index contributed by atoms with van der Waals surface area (Å²) in [6, 6.07) is 10.4. The van der Waals surface area contributed by atoms with Gasteiger partial charge in [-0.1, -0.05) is 17.7 Å². The third-order valence-corrected chi connectivity index (χ3v) is 7.34. The van der Waals surface area contributed by atoms with Crippen molar-refractivity contribution in [1.29, 1.82) is 0 Å². The van der Waals surface area contributed by atoms with E-state index in [1.165, 1.54) is 30.3 Å². The summed E-state index contributed by atoms with van der Waals surface area (Å²) in [5, 5.41) is 10.7. The lowest BCUT2D eigenvalue weighted by atomic mass is 9.77. The molecule has 1 spiro atoms. The van der Waals surface area contributed by atoms with Crippen molar-refractivity contribution in [2.24, 2.45) is 5.41 Å². The fourth-order valence-electron chi connectivity index (χ4n) is 4.83. The summed E-state index contributed by atoms with van der Waals surface area (Å²) in [4.78, 5) is 17.0. The summed E-state index contributed by atoms with van der Waals surface area (Å²) in [5.41, 5.74) is 0.178. The van der Waals surface area contributed by atoms with Crippen molar-refractivity contribution in [3.63, 3.8) is 0 Å². The molecule has 190 valence electrons. The average molecular weight is 515 g/mol. The third kappa shape index (κ3) is 5.42. The second-order valence-corrected chi connectivity index (χ2v) is 9.64. The quantitative estimate of drug-likeness (QED) is 0.527. The third-order valence-electron chi connectivity index (χ3n) is 7.01. The minimum atomic E-state index is -4.46. The van der Waals surface area contributed by atoms with E-state index in [2.05, 4.69) is 0 Å². The van der Waals surface area contributed by atoms with E-state index >= 15 is 0 Å². The molecule has 10 heteroatoms. The fraction of sp³-hybridized carbons (Fsp3) is 0.480. The molecule has 2 aromatic rings. The molecule has 35 heavy (non-hydrogen) atoms. The molecule has 2 heterocycles. The number of hydrogen-bond acceptors (Lipinski definition) is 4. The average Bonchev–Trinajstić information content (AvgIpc) is 3.11. The maximum atomic E-state index is 14.1. The Balaban J connectivity index is 1.35. The lowest BCUT2D eigenvalue weighted by Crippen LogP contribution is -2.45. The summed E-state index contributed by atoms with van der Waals surface area (Å²) in [5.74, 6) is -0.474. The van der Waals surface area contributed by atoms with Crippen molar-refractivity contribution in [3.05, 3.63) is 58.9 Å². The van der Waals surface area contributed by atoms with Gasteiger partial charge in [-0.25, -0.2) is 4.39 Å². The number of carbonyl (C=O) groups excluding carboxylic acids is 1. The number of rotatable bonds is 6. The molecule has 2 aliphatic rings.